The first kappa shape index (κ1) is 29.1. The Labute approximate surface area is 259 Å². The molecule has 1 aromatic carbocycles. The molecular formula is C19H17K2NO4S2. The standard InChI is InChI=1S/C19H17NO4S2.2K/c1-6-15(21)23-9-10-24-17(22)16(20-5)18-25-13-8-7-12(19(2,3)4)11-14(13)26-18;;/h6-7H,1,9-10H2,2-4H3;;/q-2;2*+1/b18-16+;;. The summed E-state index contributed by atoms with van der Waals surface area (Å²) in [6.45, 7) is 16.6. The number of ether oxygens (including phenoxy) is 2. The van der Waals surface area contributed by atoms with E-state index < -0.39 is 11.9 Å². The number of carbonyl (C=O) groups is 2. The molecule has 2 rings (SSSR count). The number of hydrogen-bond donors (Lipinski definition) is 0. The molecule has 1 aliphatic heterocycles. The zero-order valence-electron chi connectivity index (χ0n) is 16.7. The van der Waals surface area contributed by atoms with Gasteiger partial charge in [-0.15, -0.1) is 0 Å². The van der Waals surface area contributed by atoms with E-state index in [0.717, 1.165) is 21.4 Å². The van der Waals surface area contributed by atoms with E-state index >= 15 is 0 Å². The summed E-state index contributed by atoms with van der Waals surface area (Å²) >= 11 is 2.62. The molecule has 0 N–H and O–H groups in total. The molecule has 28 heavy (non-hydrogen) atoms. The molecule has 0 unspecified atom stereocenters. The Kier molecular flexibility index (Phi) is 14.0. The fourth-order valence-corrected chi connectivity index (χ4v) is 4.16. The summed E-state index contributed by atoms with van der Waals surface area (Å²) < 4.78 is 10.3. The van der Waals surface area contributed by atoms with Crippen LogP contribution in [0.4, 0.5) is 0 Å². The molecule has 136 valence electrons. The van der Waals surface area contributed by atoms with Crippen molar-refractivity contribution in [1.82, 2.24) is 0 Å². The van der Waals surface area contributed by atoms with Crippen molar-refractivity contribution in [1.29, 1.82) is 0 Å². The maximum absolute atomic E-state index is 12.2. The van der Waals surface area contributed by atoms with Crippen LogP contribution in [-0.4, -0.2) is 25.2 Å². The van der Waals surface area contributed by atoms with Gasteiger partial charge < -0.3 is 21.6 Å². The van der Waals surface area contributed by atoms with Crippen LogP contribution in [0.2, 0.25) is 0 Å². The summed E-state index contributed by atoms with van der Waals surface area (Å²) in [4.78, 5) is 28.1. The predicted octanol–water partition coefficient (Wildman–Crippen LogP) is -1.85. The molecule has 0 atom stereocenters. The minimum atomic E-state index is -0.742. The molecule has 1 heterocycles. The quantitative estimate of drug-likeness (QED) is 0.167. The summed E-state index contributed by atoms with van der Waals surface area (Å²) in [5.74, 6) is -1.34. The normalized spacial score (nSPS) is 13.8. The van der Waals surface area contributed by atoms with Gasteiger partial charge >= 0.3 is 115 Å². The molecule has 0 aromatic heterocycles. The average Bonchev–Trinajstić information content (AvgIpc) is 3.00. The van der Waals surface area contributed by atoms with Gasteiger partial charge in [-0.25, -0.2) is 19.4 Å². The average molecular weight is 466 g/mol. The van der Waals surface area contributed by atoms with Crippen LogP contribution in [0.5, 0.6) is 0 Å². The molecule has 1 aliphatic rings. The van der Waals surface area contributed by atoms with Gasteiger partial charge in [0.25, 0.3) is 5.70 Å². The third kappa shape index (κ3) is 8.32. The third-order valence-electron chi connectivity index (χ3n) is 3.23. The van der Waals surface area contributed by atoms with Gasteiger partial charge in [-0.3, -0.25) is 16.4 Å². The van der Waals surface area contributed by atoms with Gasteiger partial charge in [0.15, 0.2) is 0 Å². The molecular weight excluding hydrogens is 449 g/mol. The Bertz CT molecular complexity index is 826. The van der Waals surface area contributed by atoms with Crippen molar-refractivity contribution >= 4 is 35.5 Å². The second-order valence-electron chi connectivity index (χ2n) is 6.20. The number of carbonyl (C=O) groups excluding carboxylic acids is 2. The maximum Gasteiger partial charge on any atom is 1.00 e. The van der Waals surface area contributed by atoms with Crippen LogP contribution in [0.1, 0.15) is 26.3 Å². The first-order valence-electron chi connectivity index (χ1n) is 7.68. The van der Waals surface area contributed by atoms with Crippen molar-refractivity contribution in [3.63, 3.8) is 0 Å². The number of hydrogen-bond acceptors (Lipinski definition) is 6. The van der Waals surface area contributed by atoms with Gasteiger partial charge in [0.1, 0.15) is 13.2 Å². The number of nitrogens with zero attached hydrogens (tertiary/aromatic N) is 1. The summed E-state index contributed by atoms with van der Waals surface area (Å²) in [5, 5.41) is 0. The van der Waals surface area contributed by atoms with Crippen molar-refractivity contribution in [3.05, 3.63) is 57.8 Å². The second-order valence-corrected chi connectivity index (χ2v) is 8.49. The summed E-state index contributed by atoms with van der Waals surface area (Å²) in [6, 6.07) is 8.42. The van der Waals surface area contributed by atoms with Crippen molar-refractivity contribution in [3.8, 4) is 0 Å². The van der Waals surface area contributed by atoms with E-state index in [0.29, 0.717) is 4.24 Å². The van der Waals surface area contributed by atoms with E-state index in [1.54, 1.807) is 0 Å². The Morgan fingerprint density at radius 2 is 1.82 bits per heavy atom. The van der Waals surface area contributed by atoms with Gasteiger partial charge in [-0.05, 0) is 0 Å². The smallest absolute Gasteiger partial charge is 0.467 e. The zero-order chi connectivity index (χ0) is 19.3. The van der Waals surface area contributed by atoms with Crippen LogP contribution in [0, 0.1) is 18.7 Å². The molecule has 0 amide bonds. The predicted molar refractivity (Wildman–Crippen MR) is 100 cm³/mol. The van der Waals surface area contributed by atoms with Gasteiger partial charge in [0.2, 0.25) is 0 Å². The monoisotopic (exact) mass is 465 g/mol. The molecule has 0 saturated carbocycles. The minimum Gasteiger partial charge on any atom is -0.467 e. The molecule has 0 aliphatic carbocycles. The van der Waals surface area contributed by atoms with E-state index in [-0.39, 0.29) is 127 Å². The fraction of sp³-hybridized carbons (Fsp3) is 0.316. The fourth-order valence-electron chi connectivity index (χ4n) is 1.85. The zero-order valence-corrected chi connectivity index (χ0v) is 24.6. The number of benzene rings is 1. The van der Waals surface area contributed by atoms with Gasteiger partial charge in [0, 0.05) is 10.3 Å². The number of fused-ring (bicyclic) bond motifs is 1. The van der Waals surface area contributed by atoms with Crippen LogP contribution in [0.25, 0.3) is 4.85 Å². The maximum atomic E-state index is 12.2. The summed E-state index contributed by atoms with van der Waals surface area (Å²) in [5.41, 5.74) is 0.861. The van der Waals surface area contributed by atoms with Crippen LogP contribution in [0.15, 0.2) is 38.4 Å². The van der Waals surface area contributed by atoms with Gasteiger partial charge in [0.05, 0.1) is 6.57 Å². The van der Waals surface area contributed by atoms with Crippen LogP contribution in [0.3, 0.4) is 0 Å². The van der Waals surface area contributed by atoms with Crippen molar-refractivity contribution in [2.45, 2.75) is 36.0 Å². The molecule has 1 aromatic rings. The first-order chi connectivity index (χ1) is 12.3. The molecule has 9 heteroatoms. The molecule has 0 spiro atoms. The van der Waals surface area contributed by atoms with Crippen molar-refractivity contribution in [2.75, 3.05) is 13.2 Å². The largest absolute Gasteiger partial charge is 1.00 e. The van der Waals surface area contributed by atoms with Crippen molar-refractivity contribution < 1.29 is 122 Å². The van der Waals surface area contributed by atoms with E-state index in [9.17, 15) is 9.59 Å². The van der Waals surface area contributed by atoms with E-state index in [2.05, 4.69) is 44.3 Å². The molecule has 0 fully saturated rings. The SMILES string of the molecule is [C-]#[N+]/C(C(=O)OCCOC(=O)C=C)=C1\Sc2[c-]cc(C(C)(C)C)[c-]c2S1.[K+].[K+]. The number of rotatable bonds is 5. The van der Waals surface area contributed by atoms with Gasteiger partial charge in [-0.1, -0.05) is 32.8 Å². The van der Waals surface area contributed by atoms with E-state index in [1.807, 2.05) is 6.07 Å². The molecule has 5 nitrogen and oxygen atoms in total. The van der Waals surface area contributed by atoms with E-state index in [4.69, 9.17) is 16.0 Å². The van der Waals surface area contributed by atoms with Gasteiger partial charge in [-0.2, -0.15) is 23.5 Å². The van der Waals surface area contributed by atoms with Crippen LogP contribution in [-0.2, 0) is 24.5 Å². The van der Waals surface area contributed by atoms with Crippen LogP contribution >= 0.6 is 23.5 Å². The minimum absolute atomic E-state index is 0. The molecule has 0 bridgehead atoms. The van der Waals surface area contributed by atoms with Crippen molar-refractivity contribution in [2.24, 2.45) is 0 Å². The number of esters is 2. The van der Waals surface area contributed by atoms with E-state index in [1.165, 1.54) is 23.5 Å². The summed E-state index contributed by atoms with van der Waals surface area (Å²) in [7, 11) is 0. The Morgan fingerprint density at radius 3 is 2.39 bits per heavy atom. The van der Waals surface area contributed by atoms with Crippen LogP contribution < -0.4 is 103 Å². The Balaban J connectivity index is 0.00000364. The Hall–Kier alpha value is 1.10. The third-order valence-corrected chi connectivity index (χ3v) is 5.65. The molecule has 0 radical (unpaired) electrons. The number of thioether (sulfide) groups is 2. The second kappa shape index (κ2) is 13.5. The first-order valence-corrected chi connectivity index (χ1v) is 9.31. The Morgan fingerprint density at radius 1 is 1.21 bits per heavy atom. The summed E-state index contributed by atoms with van der Waals surface area (Å²) in [6.07, 6.45) is 1.02. The topological polar surface area (TPSA) is 57.0 Å². The molecule has 0 saturated heterocycles.